The second-order valence-corrected chi connectivity index (χ2v) is 3.70. The average molecular weight is 230 g/mol. The third-order valence-electron chi connectivity index (χ3n) is 2.16. The molecule has 5 heteroatoms. The van der Waals surface area contributed by atoms with Crippen LogP contribution in [0.1, 0.15) is 24.6 Å². The molecule has 0 fully saturated rings. The van der Waals surface area contributed by atoms with Crippen molar-refractivity contribution in [3.8, 4) is 0 Å². The quantitative estimate of drug-likeness (QED) is 0.807. The van der Waals surface area contributed by atoms with E-state index in [9.17, 15) is 4.79 Å². The number of hydrogen-bond acceptors (Lipinski definition) is 3. The van der Waals surface area contributed by atoms with Gasteiger partial charge in [-0.3, -0.25) is 9.78 Å². The summed E-state index contributed by atoms with van der Waals surface area (Å²) in [4.78, 5) is 14.9. The van der Waals surface area contributed by atoms with E-state index in [-0.39, 0.29) is 18.8 Å². The molecule has 0 aromatic carbocycles. The van der Waals surface area contributed by atoms with E-state index in [1.165, 1.54) is 0 Å². The Hall–Kier alpha value is -1.13. The highest BCUT2D eigenvalue weighted by Crippen LogP contribution is 2.22. The minimum absolute atomic E-state index is 0. The molecule has 4 N–H and O–H groups in total. The number of aryl methyl sites for hydroxylation is 1. The Morgan fingerprint density at radius 1 is 1.60 bits per heavy atom. The van der Waals surface area contributed by atoms with Crippen molar-refractivity contribution >= 4 is 18.3 Å². The van der Waals surface area contributed by atoms with E-state index >= 15 is 0 Å². The molecule has 1 atom stereocenters. The van der Waals surface area contributed by atoms with Crippen LogP contribution in [0.5, 0.6) is 0 Å². The van der Waals surface area contributed by atoms with Crippen LogP contribution in [0.25, 0.3) is 0 Å². The number of carbonyl (C=O) groups excluding carboxylic acids is 1. The van der Waals surface area contributed by atoms with Crippen molar-refractivity contribution in [1.82, 2.24) is 4.98 Å². The fourth-order valence-electron chi connectivity index (χ4n) is 1.55. The standard InChI is InChI=1S/C10H15N3O.ClH/c1-7-8(4-3-5-13-7)10(2,12)6-9(11)14;/h3-5H,6,12H2,1-2H3,(H2,11,14);1H. The molecule has 4 nitrogen and oxygen atoms in total. The third kappa shape index (κ3) is 3.49. The largest absolute Gasteiger partial charge is 0.370 e. The maximum Gasteiger partial charge on any atom is 0.219 e. The average Bonchev–Trinajstić information content (AvgIpc) is 2.02. The van der Waals surface area contributed by atoms with Gasteiger partial charge in [-0.1, -0.05) is 6.07 Å². The van der Waals surface area contributed by atoms with Crippen LogP contribution in [0.2, 0.25) is 0 Å². The van der Waals surface area contributed by atoms with Crippen LogP contribution in [-0.4, -0.2) is 10.9 Å². The zero-order valence-electron chi connectivity index (χ0n) is 8.86. The number of halogens is 1. The normalized spacial score (nSPS) is 13.8. The summed E-state index contributed by atoms with van der Waals surface area (Å²) in [5.41, 5.74) is 12.1. The molecule has 0 aliphatic heterocycles. The van der Waals surface area contributed by atoms with Crippen LogP contribution < -0.4 is 11.5 Å². The maximum atomic E-state index is 10.8. The zero-order chi connectivity index (χ0) is 10.8. The summed E-state index contributed by atoms with van der Waals surface area (Å²) in [7, 11) is 0. The highest BCUT2D eigenvalue weighted by Gasteiger charge is 2.25. The summed E-state index contributed by atoms with van der Waals surface area (Å²) in [6, 6.07) is 3.67. The minimum Gasteiger partial charge on any atom is -0.370 e. The monoisotopic (exact) mass is 229 g/mol. The van der Waals surface area contributed by atoms with Crippen molar-refractivity contribution in [3.05, 3.63) is 29.6 Å². The smallest absolute Gasteiger partial charge is 0.219 e. The second-order valence-electron chi connectivity index (χ2n) is 3.70. The van der Waals surface area contributed by atoms with Gasteiger partial charge in [-0.05, 0) is 25.5 Å². The minimum atomic E-state index is -0.732. The molecule has 1 aromatic heterocycles. The van der Waals surface area contributed by atoms with Gasteiger partial charge < -0.3 is 11.5 Å². The molecule has 15 heavy (non-hydrogen) atoms. The molecule has 1 unspecified atom stereocenters. The summed E-state index contributed by atoms with van der Waals surface area (Å²) in [5, 5.41) is 0. The lowest BCUT2D eigenvalue weighted by molar-refractivity contribution is -0.119. The Morgan fingerprint density at radius 3 is 2.67 bits per heavy atom. The molecule has 1 amide bonds. The van der Waals surface area contributed by atoms with Crippen LogP contribution in [0.3, 0.4) is 0 Å². The second kappa shape index (κ2) is 5.09. The van der Waals surface area contributed by atoms with Crippen LogP contribution in [0.15, 0.2) is 18.3 Å². The van der Waals surface area contributed by atoms with E-state index in [0.29, 0.717) is 0 Å². The highest BCUT2D eigenvalue weighted by molar-refractivity contribution is 5.85. The zero-order valence-corrected chi connectivity index (χ0v) is 9.67. The van der Waals surface area contributed by atoms with E-state index in [1.807, 2.05) is 13.0 Å². The van der Waals surface area contributed by atoms with E-state index in [2.05, 4.69) is 4.98 Å². The molecule has 1 aromatic rings. The van der Waals surface area contributed by atoms with Crippen molar-refractivity contribution in [2.24, 2.45) is 11.5 Å². The van der Waals surface area contributed by atoms with Crippen molar-refractivity contribution in [2.45, 2.75) is 25.8 Å². The Bertz CT molecular complexity index is 352. The number of nitrogens with zero attached hydrogens (tertiary/aromatic N) is 1. The summed E-state index contributed by atoms with van der Waals surface area (Å²) in [5.74, 6) is -0.404. The predicted octanol–water partition coefficient (Wildman–Crippen LogP) is 0.861. The van der Waals surface area contributed by atoms with E-state index in [1.54, 1.807) is 19.2 Å². The van der Waals surface area contributed by atoms with E-state index in [4.69, 9.17) is 11.5 Å². The highest BCUT2D eigenvalue weighted by atomic mass is 35.5. The Morgan fingerprint density at radius 2 is 2.20 bits per heavy atom. The van der Waals surface area contributed by atoms with Gasteiger partial charge in [0.15, 0.2) is 0 Å². The number of amides is 1. The van der Waals surface area contributed by atoms with Crippen molar-refractivity contribution in [3.63, 3.8) is 0 Å². The molecule has 1 rings (SSSR count). The number of aromatic nitrogens is 1. The van der Waals surface area contributed by atoms with Gasteiger partial charge in [0.25, 0.3) is 0 Å². The fourth-order valence-corrected chi connectivity index (χ4v) is 1.55. The van der Waals surface area contributed by atoms with Gasteiger partial charge in [-0.15, -0.1) is 12.4 Å². The van der Waals surface area contributed by atoms with Crippen LogP contribution >= 0.6 is 12.4 Å². The molecule has 0 bridgehead atoms. The molecule has 0 saturated heterocycles. The number of rotatable bonds is 3. The number of pyridine rings is 1. The molecule has 1 heterocycles. The Balaban J connectivity index is 0.00000196. The third-order valence-corrected chi connectivity index (χ3v) is 2.16. The number of nitrogens with two attached hydrogens (primary N) is 2. The van der Waals surface area contributed by atoms with Gasteiger partial charge in [0.05, 0.1) is 0 Å². The van der Waals surface area contributed by atoms with Gasteiger partial charge in [-0.25, -0.2) is 0 Å². The topological polar surface area (TPSA) is 82.0 Å². The first-order chi connectivity index (χ1) is 6.43. The van der Waals surface area contributed by atoms with Crippen molar-refractivity contribution in [1.29, 1.82) is 0 Å². The summed E-state index contributed by atoms with van der Waals surface area (Å²) in [6.07, 6.45) is 1.82. The van der Waals surface area contributed by atoms with Crippen LogP contribution in [-0.2, 0) is 10.3 Å². The van der Waals surface area contributed by atoms with Crippen LogP contribution in [0.4, 0.5) is 0 Å². The van der Waals surface area contributed by atoms with Gasteiger partial charge in [0.1, 0.15) is 0 Å². The molecule has 0 aliphatic carbocycles. The summed E-state index contributed by atoms with van der Waals surface area (Å²) < 4.78 is 0. The molecular weight excluding hydrogens is 214 g/mol. The first-order valence-electron chi connectivity index (χ1n) is 4.43. The molecule has 84 valence electrons. The first-order valence-corrected chi connectivity index (χ1v) is 4.43. The number of carbonyl (C=O) groups is 1. The predicted molar refractivity (Wildman–Crippen MR) is 61.6 cm³/mol. The first kappa shape index (κ1) is 13.9. The Labute approximate surface area is 95.5 Å². The lowest BCUT2D eigenvalue weighted by Gasteiger charge is -2.24. The molecular formula is C10H16ClN3O. The molecule has 0 radical (unpaired) electrons. The molecule has 0 spiro atoms. The fraction of sp³-hybridized carbons (Fsp3) is 0.400. The lowest BCUT2D eigenvalue weighted by atomic mass is 9.88. The van der Waals surface area contributed by atoms with Crippen LogP contribution in [0, 0.1) is 6.92 Å². The van der Waals surface area contributed by atoms with Gasteiger partial charge in [0, 0.05) is 23.9 Å². The summed E-state index contributed by atoms with van der Waals surface area (Å²) in [6.45, 7) is 3.64. The number of hydrogen-bond donors (Lipinski definition) is 2. The van der Waals surface area contributed by atoms with Crippen molar-refractivity contribution < 1.29 is 4.79 Å². The van der Waals surface area contributed by atoms with Gasteiger partial charge in [-0.2, -0.15) is 0 Å². The van der Waals surface area contributed by atoms with E-state index in [0.717, 1.165) is 11.3 Å². The van der Waals surface area contributed by atoms with E-state index < -0.39 is 11.4 Å². The maximum absolute atomic E-state index is 10.8. The summed E-state index contributed by atoms with van der Waals surface area (Å²) >= 11 is 0. The van der Waals surface area contributed by atoms with Gasteiger partial charge >= 0.3 is 0 Å². The number of primary amides is 1. The van der Waals surface area contributed by atoms with Crippen molar-refractivity contribution in [2.75, 3.05) is 0 Å². The molecule has 0 aliphatic rings. The SMILES string of the molecule is Cc1ncccc1C(C)(N)CC(N)=O.Cl. The lowest BCUT2D eigenvalue weighted by Crippen LogP contribution is -2.38. The molecule has 0 saturated carbocycles. The van der Waals surface area contributed by atoms with Gasteiger partial charge in [0.2, 0.25) is 5.91 Å². The Kier molecular flexibility index (Phi) is 4.71.